The second-order valence-electron chi connectivity index (χ2n) is 17.5. The molecule has 4 aliphatic rings. The van der Waals surface area contributed by atoms with Crippen LogP contribution in [0, 0.1) is 26.7 Å². The maximum atomic E-state index is 2.63. The molecule has 57 heavy (non-hydrogen) atoms. The van der Waals surface area contributed by atoms with E-state index >= 15 is 0 Å². The summed E-state index contributed by atoms with van der Waals surface area (Å²) < 4.78 is 0. The number of hydrogen-bond acceptors (Lipinski definition) is 1. The Labute approximate surface area is 337 Å². The van der Waals surface area contributed by atoms with E-state index in [-0.39, 0.29) is 5.41 Å². The Hall–Kier alpha value is -6.18. The van der Waals surface area contributed by atoms with Crippen molar-refractivity contribution in [3.05, 3.63) is 219 Å². The van der Waals surface area contributed by atoms with E-state index in [0.717, 1.165) is 13.0 Å². The van der Waals surface area contributed by atoms with Gasteiger partial charge in [0.05, 0.1) is 5.41 Å². The van der Waals surface area contributed by atoms with Crippen LogP contribution in [0.5, 0.6) is 0 Å². The molecule has 0 radical (unpaired) electrons. The standard InChI is InChI=1S/C56H47N/c1-35-18-23-45-46-24-19-36(2)29-52(46)56(51(45)28-35)53-30-37(3)20-25-47(53)48-27-22-42(33-54(48)56)57(34-38-12-11-15-40(31-38)39-13-7-6-8-14-39)41-21-26-44-43-16-9-10-17-49(43)55(4,5)50(44)32-41/h6-30,32-33,38H,31,34H2,1-5H3. The summed E-state index contributed by atoms with van der Waals surface area (Å²) in [5.74, 6) is 0.337. The minimum atomic E-state index is -0.406. The van der Waals surface area contributed by atoms with Gasteiger partial charge in [-0.1, -0.05) is 170 Å². The summed E-state index contributed by atoms with van der Waals surface area (Å²) in [5, 5.41) is 0. The van der Waals surface area contributed by atoms with Crippen molar-refractivity contribution < 1.29 is 0 Å². The van der Waals surface area contributed by atoms with Crippen molar-refractivity contribution >= 4 is 16.9 Å². The molecule has 0 fully saturated rings. The molecule has 0 saturated carbocycles. The zero-order valence-electron chi connectivity index (χ0n) is 33.5. The van der Waals surface area contributed by atoms with Crippen LogP contribution in [0.25, 0.3) is 39.0 Å². The maximum Gasteiger partial charge on any atom is 0.0726 e. The molecule has 0 bridgehead atoms. The Morgan fingerprint density at radius 1 is 0.491 bits per heavy atom. The van der Waals surface area contributed by atoms with Gasteiger partial charge in [-0.3, -0.25) is 0 Å². The molecule has 0 aromatic heterocycles. The molecule has 0 saturated heterocycles. The summed E-state index contributed by atoms with van der Waals surface area (Å²) in [5.41, 5.74) is 25.1. The molecular formula is C56H47N. The van der Waals surface area contributed by atoms with E-state index in [9.17, 15) is 0 Å². The third-order valence-corrected chi connectivity index (χ3v) is 13.6. The third kappa shape index (κ3) is 4.94. The average molecular weight is 734 g/mol. The lowest BCUT2D eigenvalue weighted by Crippen LogP contribution is -2.28. The molecule has 1 nitrogen and oxygen atoms in total. The predicted molar refractivity (Wildman–Crippen MR) is 240 cm³/mol. The van der Waals surface area contributed by atoms with Gasteiger partial charge in [-0.05, 0) is 135 Å². The number of fused-ring (bicyclic) bond motifs is 13. The molecular weight excluding hydrogens is 687 g/mol. The number of hydrogen-bond donors (Lipinski definition) is 0. The highest BCUT2D eigenvalue weighted by Crippen LogP contribution is 2.64. The predicted octanol–water partition coefficient (Wildman–Crippen LogP) is 14.1. The Bertz CT molecular complexity index is 2790. The number of rotatable bonds is 5. The van der Waals surface area contributed by atoms with Crippen molar-refractivity contribution in [2.45, 2.75) is 51.9 Å². The fourth-order valence-corrected chi connectivity index (χ4v) is 10.9. The lowest BCUT2D eigenvalue weighted by Gasteiger charge is -2.34. The van der Waals surface area contributed by atoms with Crippen LogP contribution < -0.4 is 4.90 Å². The Balaban J connectivity index is 1.12. The molecule has 1 heteroatoms. The Morgan fingerprint density at radius 2 is 0.965 bits per heavy atom. The van der Waals surface area contributed by atoms with Gasteiger partial charge in [0.2, 0.25) is 0 Å². The van der Waals surface area contributed by atoms with E-state index in [1.807, 2.05) is 0 Å². The highest BCUT2D eigenvalue weighted by atomic mass is 15.1. The van der Waals surface area contributed by atoms with Crippen molar-refractivity contribution in [2.24, 2.45) is 5.92 Å². The zero-order valence-corrected chi connectivity index (χ0v) is 33.5. The van der Waals surface area contributed by atoms with Crippen molar-refractivity contribution in [3.63, 3.8) is 0 Å². The lowest BCUT2D eigenvalue weighted by molar-refractivity contribution is 0.654. The Kier molecular flexibility index (Phi) is 7.42. The minimum absolute atomic E-state index is 0.0873. The van der Waals surface area contributed by atoms with Gasteiger partial charge in [-0.25, -0.2) is 0 Å². The molecule has 7 aromatic rings. The molecule has 0 heterocycles. The minimum Gasteiger partial charge on any atom is -0.341 e. The molecule has 1 atom stereocenters. The largest absolute Gasteiger partial charge is 0.341 e. The van der Waals surface area contributed by atoms with Crippen LogP contribution in [-0.4, -0.2) is 6.54 Å². The van der Waals surface area contributed by atoms with E-state index in [2.05, 4.69) is 203 Å². The van der Waals surface area contributed by atoms with Gasteiger partial charge in [0, 0.05) is 23.3 Å². The van der Waals surface area contributed by atoms with E-state index in [4.69, 9.17) is 0 Å². The highest BCUT2D eigenvalue weighted by Gasteiger charge is 2.52. The van der Waals surface area contributed by atoms with Gasteiger partial charge in [0.25, 0.3) is 0 Å². The third-order valence-electron chi connectivity index (χ3n) is 13.6. The second kappa shape index (κ2) is 12.4. The summed E-state index contributed by atoms with van der Waals surface area (Å²) >= 11 is 0. The second-order valence-corrected chi connectivity index (χ2v) is 17.5. The molecule has 7 aromatic carbocycles. The zero-order chi connectivity index (χ0) is 38.6. The Morgan fingerprint density at radius 3 is 1.56 bits per heavy atom. The molecule has 1 unspecified atom stereocenters. The first kappa shape index (κ1) is 34.1. The van der Waals surface area contributed by atoms with Crippen molar-refractivity contribution in [3.8, 4) is 33.4 Å². The summed E-state index contributed by atoms with van der Waals surface area (Å²) in [6.07, 6.45) is 8.01. The average Bonchev–Trinajstić information content (AvgIpc) is 3.77. The van der Waals surface area contributed by atoms with E-state index in [1.165, 1.54) is 106 Å². The number of anilines is 2. The molecule has 4 aliphatic carbocycles. The van der Waals surface area contributed by atoms with E-state index in [0.29, 0.717) is 5.92 Å². The summed E-state index contributed by atoms with van der Waals surface area (Å²) in [4.78, 5) is 2.63. The van der Waals surface area contributed by atoms with Crippen LogP contribution in [0.15, 0.2) is 164 Å². The molecule has 11 rings (SSSR count). The van der Waals surface area contributed by atoms with Crippen LogP contribution in [0.2, 0.25) is 0 Å². The van der Waals surface area contributed by atoms with Gasteiger partial charge in [-0.2, -0.15) is 0 Å². The monoisotopic (exact) mass is 733 g/mol. The molecule has 0 amide bonds. The summed E-state index contributed by atoms with van der Waals surface area (Å²) in [6.45, 7) is 12.4. The SMILES string of the molecule is Cc1ccc2c(c1)C1(c3cc(C)ccc3-2)c2cc(C)ccc2-c2ccc(N(CC3C=CC=C(c4ccccc4)C3)c3ccc4c(c3)C(C)(C)c3ccccc3-4)cc21. The number of nitrogens with zero attached hydrogens (tertiary/aromatic N) is 1. The summed E-state index contributed by atoms with van der Waals surface area (Å²) in [6, 6.07) is 56.0. The van der Waals surface area contributed by atoms with Crippen LogP contribution in [0.3, 0.4) is 0 Å². The number of allylic oxidation sites excluding steroid dienone is 3. The van der Waals surface area contributed by atoms with Gasteiger partial charge >= 0.3 is 0 Å². The first-order valence-corrected chi connectivity index (χ1v) is 20.7. The first-order valence-electron chi connectivity index (χ1n) is 20.7. The smallest absolute Gasteiger partial charge is 0.0726 e. The van der Waals surface area contributed by atoms with E-state index in [1.54, 1.807) is 0 Å². The van der Waals surface area contributed by atoms with Crippen LogP contribution in [0.4, 0.5) is 11.4 Å². The van der Waals surface area contributed by atoms with Gasteiger partial charge in [0.1, 0.15) is 0 Å². The lowest BCUT2D eigenvalue weighted by atomic mass is 9.70. The molecule has 1 spiro atoms. The highest BCUT2D eigenvalue weighted by molar-refractivity contribution is 5.96. The fraction of sp³-hybridized carbons (Fsp3) is 0.179. The number of aryl methyl sites for hydroxylation is 3. The topological polar surface area (TPSA) is 3.24 Å². The molecule has 0 N–H and O–H groups in total. The van der Waals surface area contributed by atoms with Crippen LogP contribution in [-0.2, 0) is 10.8 Å². The normalized spacial score (nSPS) is 17.0. The van der Waals surface area contributed by atoms with Gasteiger partial charge in [0.15, 0.2) is 0 Å². The van der Waals surface area contributed by atoms with Crippen molar-refractivity contribution in [1.82, 2.24) is 0 Å². The molecule has 0 aliphatic heterocycles. The maximum absolute atomic E-state index is 2.63. The van der Waals surface area contributed by atoms with Crippen molar-refractivity contribution in [1.29, 1.82) is 0 Å². The summed E-state index contributed by atoms with van der Waals surface area (Å²) in [7, 11) is 0. The van der Waals surface area contributed by atoms with Crippen LogP contribution in [0.1, 0.15) is 75.9 Å². The quantitative estimate of drug-likeness (QED) is 0.170. The fourth-order valence-electron chi connectivity index (χ4n) is 10.9. The number of benzene rings is 7. The van der Waals surface area contributed by atoms with Gasteiger partial charge < -0.3 is 4.90 Å². The molecule has 276 valence electrons. The first-order chi connectivity index (χ1) is 27.7. The van der Waals surface area contributed by atoms with Gasteiger partial charge in [-0.15, -0.1) is 0 Å². The van der Waals surface area contributed by atoms with Crippen molar-refractivity contribution in [2.75, 3.05) is 11.4 Å². The van der Waals surface area contributed by atoms with E-state index < -0.39 is 5.41 Å². The van der Waals surface area contributed by atoms with Crippen LogP contribution >= 0.6 is 0 Å².